The molecule has 0 aliphatic heterocycles. The Morgan fingerprint density at radius 2 is 2.45 bits per heavy atom. The minimum Gasteiger partial charge on any atom is -0.369 e. The van der Waals surface area contributed by atoms with Crippen molar-refractivity contribution in [1.82, 2.24) is 5.32 Å². The van der Waals surface area contributed by atoms with Gasteiger partial charge in [0.1, 0.15) is 0 Å². The molecule has 1 amide bonds. The molecule has 0 saturated carbocycles. The van der Waals surface area contributed by atoms with Gasteiger partial charge in [-0.1, -0.05) is 6.92 Å². The highest BCUT2D eigenvalue weighted by Crippen LogP contribution is 1.88. The van der Waals surface area contributed by atoms with E-state index in [0.29, 0.717) is 13.0 Å². The number of nitrogens with two attached hydrogens (primary N) is 1. The third-order valence-electron chi connectivity index (χ3n) is 1.38. The summed E-state index contributed by atoms with van der Waals surface area (Å²) in [6.45, 7) is 3.14. The molecule has 0 saturated heterocycles. The molecule has 0 spiro atoms. The number of rotatable bonds is 5. The maximum Gasteiger partial charge on any atom is 0.221 e. The predicted molar refractivity (Wildman–Crippen MR) is 44.7 cm³/mol. The van der Waals surface area contributed by atoms with Gasteiger partial charge in [-0.05, 0) is 0 Å². The van der Waals surface area contributed by atoms with Gasteiger partial charge in [0.25, 0.3) is 0 Å². The molecule has 3 heteroatoms. The molecule has 0 fully saturated rings. The molecule has 0 aromatic heterocycles. The maximum atomic E-state index is 10.5. The lowest BCUT2D eigenvalue weighted by molar-refractivity contribution is -0.121. The monoisotopic (exact) mass is 154 g/mol. The van der Waals surface area contributed by atoms with Gasteiger partial charge in [0, 0.05) is 25.4 Å². The second kappa shape index (κ2) is 5.75. The van der Waals surface area contributed by atoms with Crippen LogP contribution in [0.4, 0.5) is 0 Å². The molecule has 0 aliphatic carbocycles. The van der Waals surface area contributed by atoms with Gasteiger partial charge in [-0.15, -0.1) is 12.3 Å². The van der Waals surface area contributed by atoms with E-state index in [9.17, 15) is 4.79 Å². The Labute approximate surface area is 67.3 Å². The van der Waals surface area contributed by atoms with Crippen LogP contribution in [0.5, 0.6) is 0 Å². The summed E-state index contributed by atoms with van der Waals surface area (Å²) in [5.74, 6) is 2.09. The first-order valence-electron chi connectivity index (χ1n) is 3.62. The fraction of sp³-hybridized carbons (Fsp3) is 0.625. The largest absolute Gasteiger partial charge is 0.369 e. The van der Waals surface area contributed by atoms with Gasteiger partial charge in [-0.2, -0.15) is 0 Å². The minimum atomic E-state index is -0.279. The van der Waals surface area contributed by atoms with Crippen molar-refractivity contribution in [2.75, 3.05) is 13.1 Å². The molecule has 62 valence electrons. The molecule has 1 atom stereocenters. The predicted octanol–water partition coefficient (Wildman–Crippen LogP) is -0.279. The van der Waals surface area contributed by atoms with Crippen molar-refractivity contribution in [2.45, 2.75) is 13.3 Å². The number of terminal acetylenes is 1. The SMILES string of the molecule is C#CCCNCC(C)C(N)=O. The molecule has 0 rings (SSSR count). The highest BCUT2D eigenvalue weighted by Gasteiger charge is 2.06. The number of nitrogens with one attached hydrogen (secondary N) is 1. The number of hydrogen-bond donors (Lipinski definition) is 2. The van der Waals surface area contributed by atoms with E-state index in [1.165, 1.54) is 0 Å². The fourth-order valence-electron chi connectivity index (χ4n) is 0.580. The third kappa shape index (κ3) is 5.43. The van der Waals surface area contributed by atoms with Crippen LogP contribution < -0.4 is 11.1 Å². The van der Waals surface area contributed by atoms with Crippen molar-refractivity contribution in [3.63, 3.8) is 0 Å². The lowest BCUT2D eigenvalue weighted by Gasteiger charge is -2.06. The molecular weight excluding hydrogens is 140 g/mol. The zero-order valence-corrected chi connectivity index (χ0v) is 6.76. The summed E-state index contributed by atoms with van der Waals surface area (Å²) < 4.78 is 0. The molecular formula is C8H14N2O. The zero-order chi connectivity index (χ0) is 8.69. The molecule has 0 radical (unpaired) electrons. The number of carbonyl (C=O) groups excluding carboxylic acids is 1. The van der Waals surface area contributed by atoms with Gasteiger partial charge in [0.2, 0.25) is 5.91 Å². The van der Waals surface area contributed by atoms with Gasteiger partial charge in [-0.3, -0.25) is 4.79 Å². The average molecular weight is 154 g/mol. The Kier molecular flexibility index (Phi) is 5.22. The van der Waals surface area contributed by atoms with E-state index in [1.54, 1.807) is 6.92 Å². The van der Waals surface area contributed by atoms with E-state index in [4.69, 9.17) is 12.2 Å². The summed E-state index contributed by atoms with van der Waals surface area (Å²) in [5, 5.41) is 3.02. The van der Waals surface area contributed by atoms with E-state index in [-0.39, 0.29) is 11.8 Å². The zero-order valence-electron chi connectivity index (χ0n) is 6.76. The quantitative estimate of drug-likeness (QED) is 0.423. The molecule has 3 N–H and O–H groups in total. The Balaban J connectivity index is 3.26. The molecule has 0 aliphatic rings. The van der Waals surface area contributed by atoms with Gasteiger partial charge >= 0.3 is 0 Å². The first kappa shape index (κ1) is 9.99. The lowest BCUT2D eigenvalue weighted by Crippen LogP contribution is -2.31. The molecule has 1 unspecified atom stereocenters. The molecule has 0 heterocycles. The molecule has 0 aromatic carbocycles. The normalized spacial score (nSPS) is 12.0. The van der Waals surface area contributed by atoms with Crippen LogP contribution in [0.25, 0.3) is 0 Å². The lowest BCUT2D eigenvalue weighted by atomic mass is 10.2. The van der Waals surface area contributed by atoms with Crippen LogP contribution in [0.15, 0.2) is 0 Å². The number of carbonyl (C=O) groups is 1. The number of primary amides is 1. The van der Waals surface area contributed by atoms with Crippen molar-refractivity contribution in [2.24, 2.45) is 11.7 Å². The van der Waals surface area contributed by atoms with Crippen LogP contribution in [0.1, 0.15) is 13.3 Å². The summed E-state index contributed by atoms with van der Waals surface area (Å²) in [6, 6.07) is 0. The van der Waals surface area contributed by atoms with Crippen molar-refractivity contribution < 1.29 is 4.79 Å². The third-order valence-corrected chi connectivity index (χ3v) is 1.38. The van der Waals surface area contributed by atoms with Crippen LogP contribution >= 0.6 is 0 Å². The number of hydrogen-bond acceptors (Lipinski definition) is 2. The second-order valence-electron chi connectivity index (χ2n) is 2.46. The van der Waals surface area contributed by atoms with E-state index in [0.717, 1.165) is 6.54 Å². The van der Waals surface area contributed by atoms with Gasteiger partial charge in [0.15, 0.2) is 0 Å². The topological polar surface area (TPSA) is 55.1 Å². The molecule has 0 aromatic rings. The van der Waals surface area contributed by atoms with Crippen LogP contribution in [0, 0.1) is 18.3 Å². The fourth-order valence-corrected chi connectivity index (χ4v) is 0.580. The van der Waals surface area contributed by atoms with Crippen LogP contribution in [-0.2, 0) is 4.79 Å². The summed E-state index contributed by atoms with van der Waals surface area (Å²) in [6.07, 6.45) is 5.71. The van der Waals surface area contributed by atoms with Crippen LogP contribution in [0.3, 0.4) is 0 Å². The Morgan fingerprint density at radius 3 is 2.91 bits per heavy atom. The molecule has 11 heavy (non-hydrogen) atoms. The summed E-state index contributed by atoms with van der Waals surface area (Å²) in [4.78, 5) is 10.5. The average Bonchev–Trinajstić information content (AvgIpc) is 1.97. The van der Waals surface area contributed by atoms with Crippen LogP contribution in [-0.4, -0.2) is 19.0 Å². The molecule has 3 nitrogen and oxygen atoms in total. The summed E-state index contributed by atoms with van der Waals surface area (Å²) in [5.41, 5.74) is 5.03. The van der Waals surface area contributed by atoms with E-state index in [1.807, 2.05) is 0 Å². The first-order valence-corrected chi connectivity index (χ1v) is 3.62. The van der Waals surface area contributed by atoms with E-state index < -0.39 is 0 Å². The smallest absolute Gasteiger partial charge is 0.221 e. The van der Waals surface area contributed by atoms with Gasteiger partial charge < -0.3 is 11.1 Å². The van der Waals surface area contributed by atoms with E-state index in [2.05, 4.69) is 11.2 Å². The van der Waals surface area contributed by atoms with Gasteiger partial charge in [0.05, 0.1) is 0 Å². The van der Waals surface area contributed by atoms with E-state index >= 15 is 0 Å². The number of amides is 1. The Hall–Kier alpha value is -1.01. The van der Waals surface area contributed by atoms with Crippen molar-refractivity contribution in [3.05, 3.63) is 0 Å². The van der Waals surface area contributed by atoms with Gasteiger partial charge in [-0.25, -0.2) is 0 Å². The standard InChI is InChI=1S/C8H14N2O/c1-3-4-5-10-6-7(2)8(9)11/h1,7,10H,4-6H2,2H3,(H2,9,11). The van der Waals surface area contributed by atoms with Crippen molar-refractivity contribution in [3.8, 4) is 12.3 Å². The Bertz CT molecular complexity index is 160. The maximum absolute atomic E-state index is 10.5. The molecule has 0 bridgehead atoms. The highest BCUT2D eigenvalue weighted by molar-refractivity contribution is 5.76. The Morgan fingerprint density at radius 1 is 1.82 bits per heavy atom. The van der Waals surface area contributed by atoms with Crippen molar-refractivity contribution in [1.29, 1.82) is 0 Å². The summed E-state index contributed by atoms with van der Waals surface area (Å²) in [7, 11) is 0. The first-order chi connectivity index (χ1) is 5.18. The second-order valence-corrected chi connectivity index (χ2v) is 2.46. The van der Waals surface area contributed by atoms with Crippen LogP contribution in [0.2, 0.25) is 0 Å². The summed E-state index contributed by atoms with van der Waals surface area (Å²) >= 11 is 0. The highest BCUT2D eigenvalue weighted by atomic mass is 16.1. The minimum absolute atomic E-state index is 0.118. The van der Waals surface area contributed by atoms with Crippen molar-refractivity contribution >= 4 is 5.91 Å².